The molecule has 3 N–H and O–H groups in total. The second kappa shape index (κ2) is 6.98. The molecule has 0 spiro atoms. The first-order chi connectivity index (χ1) is 11.5. The zero-order valence-electron chi connectivity index (χ0n) is 13.2. The number of nitrogens with zero attached hydrogens (tertiary/aromatic N) is 1. The lowest BCUT2D eigenvalue weighted by atomic mass is 9.79. The summed E-state index contributed by atoms with van der Waals surface area (Å²) >= 11 is 0. The lowest BCUT2D eigenvalue weighted by Gasteiger charge is -2.26. The van der Waals surface area contributed by atoms with E-state index in [0.717, 1.165) is 32.1 Å². The van der Waals surface area contributed by atoms with Crippen LogP contribution in [-0.4, -0.2) is 27.0 Å². The molecule has 0 aliphatic heterocycles. The summed E-state index contributed by atoms with van der Waals surface area (Å²) in [7, 11) is 0. The molecular formula is C17H20FN3O3. The van der Waals surface area contributed by atoms with Crippen LogP contribution in [0, 0.1) is 17.7 Å². The highest BCUT2D eigenvalue weighted by molar-refractivity contribution is 5.97. The molecule has 1 aliphatic carbocycles. The minimum atomic E-state index is -1.08. The van der Waals surface area contributed by atoms with Gasteiger partial charge in [0.25, 0.3) is 0 Å². The molecule has 0 saturated heterocycles. The second-order valence-corrected chi connectivity index (χ2v) is 6.28. The Morgan fingerprint density at radius 2 is 2.08 bits per heavy atom. The number of hydrogen-bond acceptors (Lipinski definition) is 3. The van der Waals surface area contributed by atoms with Crippen LogP contribution in [0.4, 0.5) is 4.39 Å². The van der Waals surface area contributed by atoms with Crippen LogP contribution in [0.1, 0.15) is 37.9 Å². The van der Waals surface area contributed by atoms with Crippen LogP contribution in [-0.2, 0) is 16.1 Å². The number of H-pyrrole nitrogens is 1. The number of benzene rings is 1. The molecule has 3 rings (SSSR count). The van der Waals surface area contributed by atoms with E-state index in [4.69, 9.17) is 0 Å². The third kappa shape index (κ3) is 3.55. The number of carboxylic acid groups (broad SMARTS) is 1. The summed E-state index contributed by atoms with van der Waals surface area (Å²) in [4.78, 5) is 31.0. The van der Waals surface area contributed by atoms with Crippen molar-refractivity contribution in [3.05, 3.63) is 29.8 Å². The minimum absolute atomic E-state index is 0.0889. The van der Waals surface area contributed by atoms with E-state index in [1.807, 2.05) is 0 Å². The number of aliphatic carboxylic acids is 1. The van der Waals surface area contributed by atoms with E-state index < -0.39 is 17.8 Å². The average molecular weight is 333 g/mol. The van der Waals surface area contributed by atoms with Crippen molar-refractivity contribution in [2.24, 2.45) is 11.8 Å². The molecule has 1 aromatic carbocycles. The van der Waals surface area contributed by atoms with Crippen LogP contribution in [0.25, 0.3) is 11.0 Å². The SMILES string of the molecule is O=C(O)[C@H](C(=O)NCc1nc2ccc(F)cc2[nH]1)C1CCCCC1. The highest BCUT2D eigenvalue weighted by Crippen LogP contribution is 2.30. The van der Waals surface area contributed by atoms with Gasteiger partial charge in [-0.1, -0.05) is 19.3 Å². The molecule has 1 heterocycles. The first kappa shape index (κ1) is 16.4. The number of nitrogens with one attached hydrogen (secondary N) is 2. The minimum Gasteiger partial charge on any atom is -0.481 e. The number of carbonyl (C=O) groups is 2. The molecule has 0 bridgehead atoms. The summed E-state index contributed by atoms with van der Waals surface area (Å²) in [5.41, 5.74) is 1.14. The average Bonchev–Trinajstić information content (AvgIpc) is 2.95. The maximum atomic E-state index is 13.2. The van der Waals surface area contributed by atoms with Crippen LogP contribution >= 0.6 is 0 Å². The topological polar surface area (TPSA) is 95.1 Å². The molecule has 1 aliphatic rings. The second-order valence-electron chi connectivity index (χ2n) is 6.28. The molecule has 1 atom stereocenters. The lowest BCUT2D eigenvalue weighted by Crippen LogP contribution is -2.40. The van der Waals surface area contributed by atoms with Gasteiger partial charge < -0.3 is 15.4 Å². The predicted octanol–water partition coefficient (Wildman–Crippen LogP) is 2.60. The lowest BCUT2D eigenvalue weighted by molar-refractivity contribution is -0.150. The highest BCUT2D eigenvalue weighted by atomic mass is 19.1. The number of halogens is 1. The van der Waals surface area contributed by atoms with Crippen LogP contribution in [0.5, 0.6) is 0 Å². The molecule has 7 heteroatoms. The van der Waals surface area contributed by atoms with Gasteiger partial charge in [0, 0.05) is 0 Å². The van der Waals surface area contributed by atoms with E-state index in [1.54, 1.807) is 6.07 Å². The van der Waals surface area contributed by atoms with Gasteiger partial charge in [-0.15, -0.1) is 0 Å². The number of aromatic nitrogens is 2. The Balaban J connectivity index is 1.66. The monoisotopic (exact) mass is 333 g/mol. The van der Waals surface area contributed by atoms with E-state index >= 15 is 0 Å². The van der Waals surface area contributed by atoms with Gasteiger partial charge in [0.15, 0.2) is 0 Å². The predicted molar refractivity (Wildman–Crippen MR) is 85.6 cm³/mol. The first-order valence-electron chi connectivity index (χ1n) is 8.19. The van der Waals surface area contributed by atoms with Crippen molar-refractivity contribution in [3.8, 4) is 0 Å². The number of hydrogen-bond donors (Lipinski definition) is 3. The van der Waals surface area contributed by atoms with Gasteiger partial charge in [0.2, 0.25) is 5.91 Å². The van der Waals surface area contributed by atoms with E-state index in [2.05, 4.69) is 15.3 Å². The van der Waals surface area contributed by atoms with Gasteiger partial charge >= 0.3 is 5.97 Å². The Kier molecular flexibility index (Phi) is 4.78. The number of imidazole rings is 1. The van der Waals surface area contributed by atoms with Gasteiger partial charge in [-0.2, -0.15) is 0 Å². The Morgan fingerprint density at radius 1 is 1.33 bits per heavy atom. The van der Waals surface area contributed by atoms with Crippen molar-refractivity contribution in [1.82, 2.24) is 15.3 Å². The van der Waals surface area contributed by atoms with E-state index in [1.165, 1.54) is 12.1 Å². The quantitative estimate of drug-likeness (QED) is 0.733. The van der Waals surface area contributed by atoms with E-state index in [9.17, 15) is 19.1 Å². The standard InChI is InChI=1S/C17H20FN3O3/c18-11-6-7-12-13(8-11)21-14(20-12)9-19-16(22)15(17(23)24)10-4-2-1-3-5-10/h6-8,10,15H,1-5,9H2,(H,19,22)(H,20,21)(H,23,24)/t15-/m0/s1. The van der Waals surface area contributed by atoms with Crippen molar-refractivity contribution in [3.63, 3.8) is 0 Å². The van der Waals surface area contributed by atoms with Crippen molar-refractivity contribution in [2.45, 2.75) is 38.6 Å². The smallest absolute Gasteiger partial charge is 0.316 e. The number of aromatic amines is 1. The van der Waals surface area contributed by atoms with Gasteiger partial charge in [-0.3, -0.25) is 9.59 Å². The fraction of sp³-hybridized carbons (Fsp3) is 0.471. The molecule has 24 heavy (non-hydrogen) atoms. The Morgan fingerprint density at radius 3 is 2.79 bits per heavy atom. The molecule has 1 saturated carbocycles. The largest absolute Gasteiger partial charge is 0.481 e. The highest BCUT2D eigenvalue weighted by Gasteiger charge is 2.35. The fourth-order valence-corrected chi connectivity index (χ4v) is 3.39. The van der Waals surface area contributed by atoms with Gasteiger partial charge in [0.05, 0.1) is 17.6 Å². The third-order valence-electron chi connectivity index (χ3n) is 4.59. The zero-order valence-corrected chi connectivity index (χ0v) is 13.2. The Bertz CT molecular complexity index is 753. The van der Waals surface area contributed by atoms with Crippen molar-refractivity contribution in [1.29, 1.82) is 0 Å². The maximum Gasteiger partial charge on any atom is 0.316 e. The number of rotatable bonds is 5. The van der Waals surface area contributed by atoms with E-state index in [-0.39, 0.29) is 18.3 Å². The van der Waals surface area contributed by atoms with E-state index in [0.29, 0.717) is 16.9 Å². The van der Waals surface area contributed by atoms with Gasteiger partial charge in [-0.25, -0.2) is 9.37 Å². The molecule has 128 valence electrons. The summed E-state index contributed by atoms with van der Waals surface area (Å²) in [6.07, 6.45) is 4.58. The maximum absolute atomic E-state index is 13.2. The van der Waals surface area contributed by atoms with Gasteiger partial charge in [-0.05, 0) is 37.0 Å². The van der Waals surface area contributed by atoms with Crippen molar-refractivity contribution >= 4 is 22.9 Å². The number of carbonyl (C=O) groups excluding carboxylic acids is 1. The summed E-state index contributed by atoms with van der Waals surface area (Å²) in [6, 6.07) is 4.19. The van der Waals surface area contributed by atoms with Crippen LogP contribution in [0.15, 0.2) is 18.2 Å². The van der Waals surface area contributed by atoms with Crippen LogP contribution in [0.2, 0.25) is 0 Å². The number of fused-ring (bicyclic) bond motifs is 1. The Labute approximate surface area is 138 Å². The number of carboxylic acids is 1. The third-order valence-corrected chi connectivity index (χ3v) is 4.59. The molecule has 1 fully saturated rings. The zero-order chi connectivity index (χ0) is 17.1. The summed E-state index contributed by atoms with van der Waals surface area (Å²) < 4.78 is 13.2. The molecular weight excluding hydrogens is 313 g/mol. The van der Waals surface area contributed by atoms with Crippen LogP contribution in [0.3, 0.4) is 0 Å². The molecule has 0 radical (unpaired) electrons. The molecule has 6 nitrogen and oxygen atoms in total. The normalized spacial score (nSPS) is 16.9. The van der Waals surface area contributed by atoms with Crippen LogP contribution < -0.4 is 5.32 Å². The van der Waals surface area contributed by atoms with Gasteiger partial charge in [0.1, 0.15) is 17.6 Å². The molecule has 0 unspecified atom stereocenters. The summed E-state index contributed by atoms with van der Waals surface area (Å²) in [5, 5.41) is 12.1. The molecule has 1 aromatic heterocycles. The first-order valence-corrected chi connectivity index (χ1v) is 8.19. The molecule has 2 aromatic rings. The number of amides is 1. The Hall–Kier alpha value is -2.44. The summed E-state index contributed by atoms with van der Waals surface area (Å²) in [5.74, 6) is -2.60. The summed E-state index contributed by atoms with van der Waals surface area (Å²) in [6.45, 7) is 0.0889. The molecule has 1 amide bonds. The van der Waals surface area contributed by atoms with Crippen molar-refractivity contribution in [2.75, 3.05) is 0 Å². The fourth-order valence-electron chi connectivity index (χ4n) is 3.39. The van der Waals surface area contributed by atoms with Crippen molar-refractivity contribution < 1.29 is 19.1 Å².